The van der Waals surface area contributed by atoms with Crippen LogP contribution in [0, 0.1) is 0 Å². The summed E-state index contributed by atoms with van der Waals surface area (Å²) in [6, 6.07) is 3.27. The number of hydrogen-bond donors (Lipinski definition) is 0. The number of nitrogens with zero attached hydrogens (tertiary/aromatic N) is 1. The molecule has 12 heavy (non-hydrogen) atoms. The maximum absolute atomic E-state index is 5.54. The molecule has 62 valence electrons. The Hall–Kier alpha value is -1.00. The lowest BCUT2D eigenvalue weighted by atomic mass is 10.6. The Labute approximate surface area is 77.7 Å². The van der Waals surface area contributed by atoms with Gasteiger partial charge in [-0.05, 0) is 23.1 Å². The van der Waals surface area contributed by atoms with Gasteiger partial charge in [-0.2, -0.15) is 4.37 Å². The van der Waals surface area contributed by atoms with Crippen LogP contribution in [0.3, 0.4) is 0 Å². The van der Waals surface area contributed by atoms with Gasteiger partial charge in [0, 0.05) is 12.1 Å². The molecular weight excluding hydrogens is 198 g/mol. The van der Waals surface area contributed by atoms with E-state index in [9.17, 15) is 0 Å². The van der Waals surface area contributed by atoms with E-state index in [2.05, 4.69) is 4.37 Å². The highest BCUT2D eigenvalue weighted by atomic mass is 35.5. The molecule has 2 aromatic heterocycles. The fraction of sp³-hybridized carbons (Fsp3) is 0. The minimum absolute atomic E-state index is 0.313. The van der Waals surface area contributed by atoms with Crippen LogP contribution >= 0.6 is 23.1 Å². The van der Waals surface area contributed by atoms with Crippen LogP contribution in [0.1, 0.15) is 0 Å². The summed E-state index contributed by atoms with van der Waals surface area (Å²) in [6.07, 6.45) is 1.61. The molecule has 0 N–H and O–H groups in total. The van der Waals surface area contributed by atoms with Gasteiger partial charge in [0.05, 0.1) is 11.6 Å². The van der Waals surface area contributed by atoms with Crippen molar-refractivity contribution in [2.45, 2.75) is 0 Å². The van der Waals surface area contributed by atoms with E-state index < -0.39 is 0 Å². The first kappa shape index (κ1) is 7.64. The van der Waals surface area contributed by atoms with Gasteiger partial charge in [0.15, 0.2) is 11.0 Å². The monoisotopic (exact) mass is 201 g/mol. The van der Waals surface area contributed by atoms with E-state index in [4.69, 9.17) is 20.8 Å². The van der Waals surface area contributed by atoms with Crippen LogP contribution in [0.2, 0.25) is 5.22 Å². The normalized spacial score (nSPS) is 10.1. The van der Waals surface area contributed by atoms with Gasteiger partial charge in [0.2, 0.25) is 0 Å². The maximum atomic E-state index is 5.54. The van der Waals surface area contributed by atoms with Gasteiger partial charge < -0.3 is 9.15 Å². The second kappa shape index (κ2) is 3.16. The number of furan rings is 1. The van der Waals surface area contributed by atoms with Crippen molar-refractivity contribution in [2.75, 3.05) is 0 Å². The summed E-state index contributed by atoms with van der Waals surface area (Å²) in [7, 11) is 0. The molecular formula is C7H4ClNO2S. The molecule has 0 amide bonds. The largest absolute Gasteiger partial charge is 0.423 e. The van der Waals surface area contributed by atoms with Crippen LogP contribution < -0.4 is 4.74 Å². The van der Waals surface area contributed by atoms with Gasteiger partial charge in [-0.15, -0.1) is 0 Å². The highest BCUT2D eigenvalue weighted by Gasteiger charge is 2.02. The molecule has 2 heterocycles. The Morgan fingerprint density at radius 3 is 3.00 bits per heavy atom. The molecule has 0 aliphatic heterocycles. The molecule has 0 saturated heterocycles. The number of halogens is 1. The third-order valence-corrected chi connectivity index (χ3v) is 1.94. The number of ether oxygens (including phenoxy) is 1. The molecule has 3 nitrogen and oxygen atoms in total. The lowest BCUT2D eigenvalue weighted by Gasteiger charge is -1.94. The first-order valence-electron chi connectivity index (χ1n) is 3.17. The second-order valence-corrected chi connectivity index (χ2v) is 3.05. The number of hydrogen-bond acceptors (Lipinski definition) is 4. The molecule has 0 aliphatic rings. The summed E-state index contributed by atoms with van der Waals surface area (Å²) in [6.45, 7) is 0. The first-order chi connectivity index (χ1) is 5.84. The number of rotatable bonds is 2. The van der Waals surface area contributed by atoms with Crippen LogP contribution in [0.25, 0.3) is 0 Å². The van der Waals surface area contributed by atoms with Crippen molar-refractivity contribution >= 4 is 23.1 Å². The van der Waals surface area contributed by atoms with E-state index in [0.717, 1.165) is 0 Å². The topological polar surface area (TPSA) is 35.3 Å². The average Bonchev–Trinajstić information content (AvgIpc) is 2.63. The molecule has 0 aromatic carbocycles. The van der Waals surface area contributed by atoms with Crippen LogP contribution in [0.15, 0.2) is 28.1 Å². The second-order valence-electron chi connectivity index (χ2n) is 2.02. The Bertz CT molecular complexity index is 357. The van der Waals surface area contributed by atoms with E-state index >= 15 is 0 Å². The molecule has 0 atom stereocenters. The van der Waals surface area contributed by atoms with Crippen LogP contribution in [0.4, 0.5) is 0 Å². The average molecular weight is 202 g/mol. The zero-order chi connectivity index (χ0) is 8.39. The highest BCUT2D eigenvalue weighted by Crippen LogP contribution is 2.25. The van der Waals surface area contributed by atoms with E-state index in [1.165, 1.54) is 11.5 Å². The molecule has 0 aliphatic carbocycles. The lowest BCUT2D eigenvalue weighted by molar-refractivity contribution is 0.348. The predicted octanol–water partition coefficient (Wildman–Crippen LogP) is 3.18. The fourth-order valence-corrected chi connectivity index (χ4v) is 1.29. The van der Waals surface area contributed by atoms with Gasteiger partial charge >= 0.3 is 0 Å². The van der Waals surface area contributed by atoms with Crippen molar-refractivity contribution < 1.29 is 9.15 Å². The molecule has 0 unspecified atom stereocenters. The van der Waals surface area contributed by atoms with Crippen LogP contribution in [0.5, 0.6) is 11.7 Å². The van der Waals surface area contributed by atoms with Crippen molar-refractivity contribution in [1.82, 2.24) is 4.37 Å². The molecule has 0 bridgehead atoms. The standard InChI is InChI=1S/C7H4ClNO2S/c8-6-1-2-7(11-6)10-5-3-9-12-4-5/h1-4H. The van der Waals surface area contributed by atoms with Crippen molar-refractivity contribution in [1.29, 1.82) is 0 Å². The summed E-state index contributed by atoms with van der Waals surface area (Å²) in [5.74, 6) is 1.03. The van der Waals surface area contributed by atoms with Crippen LogP contribution in [-0.4, -0.2) is 4.37 Å². The Morgan fingerprint density at radius 2 is 2.42 bits per heavy atom. The first-order valence-corrected chi connectivity index (χ1v) is 4.38. The van der Waals surface area contributed by atoms with E-state index in [0.29, 0.717) is 16.9 Å². The highest BCUT2D eigenvalue weighted by molar-refractivity contribution is 7.03. The van der Waals surface area contributed by atoms with Crippen molar-refractivity contribution in [3.8, 4) is 11.7 Å². The molecule has 0 fully saturated rings. The van der Waals surface area contributed by atoms with Gasteiger partial charge in [-0.1, -0.05) is 0 Å². The zero-order valence-corrected chi connectivity index (χ0v) is 7.43. The van der Waals surface area contributed by atoms with Gasteiger partial charge in [0.25, 0.3) is 5.95 Å². The van der Waals surface area contributed by atoms with Gasteiger partial charge in [-0.3, -0.25) is 0 Å². The summed E-state index contributed by atoms with van der Waals surface area (Å²) >= 11 is 6.86. The Morgan fingerprint density at radius 1 is 1.50 bits per heavy atom. The Balaban J connectivity index is 2.14. The minimum atomic E-state index is 0.313. The minimum Gasteiger partial charge on any atom is -0.423 e. The van der Waals surface area contributed by atoms with E-state index in [1.54, 1.807) is 23.7 Å². The molecule has 0 spiro atoms. The summed E-state index contributed by atoms with van der Waals surface area (Å²) in [5, 5.41) is 2.09. The SMILES string of the molecule is Clc1ccc(Oc2cnsc2)o1. The summed E-state index contributed by atoms with van der Waals surface area (Å²) in [4.78, 5) is 0. The third-order valence-electron chi connectivity index (χ3n) is 1.18. The van der Waals surface area contributed by atoms with Crippen molar-refractivity contribution in [2.24, 2.45) is 0 Å². The quantitative estimate of drug-likeness (QED) is 0.749. The number of aromatic nitrogens is 1. The van der Waals surface area contributed by atoms with Crippen molar-refractivity contribution in [3.05, 3.63) is 28.9 Å². The molecule has 0 saturated carbocycles. The fourth-order valence-electron chi connectivity index (χ4n) is 0.714. The molecule has 0 radical (unpaired) electrons. The molecule has 5 heteroatoms. The molecule has 2 rings (SSSR count). The molecule has 2 aromatic rings. The smallest absolute Gasteiger partial charge is 0.291 e. The van der Waals surface area contributed by atoms with Crippen molar-refractivity contribution in [3.63, 3.8) is 0 Å². The zero-order valence-electron chi connectivity index (χ0n) is 5.86. The van der Waals surface area contributed by atoms with Crippen LogP contribution in [-0.2, 0) is 0 Å². The van der Waals surface area contributed by atoms with E-state index in [-0.39, 0.29) is 0 Å². The van der Waals surface area contributed by atoms with E-state index in [1.807, 2.05) is 0 Å². The summed E-state index contributed by atoms with van der Waals surface area (Å²) in [5.41, 5.74) is 0. The maximum Gasteiger partial charge on any atom is 0.291 e. The van der Waals surface area contributed by atoms with Gasteiger partial charge in [-0.25, -0.2) is 0 Å². The summed E-state index contributed by atoms with van der Waals surface area (Å²) < 4.78 is 14.1. The Kier molecular flexibility index (Phi) is 2.01. The predicted molar refractivity (Wildman–Crippen MR) is 45.9 cm³/mol. The third kappa shape index (κ3) is 1.60. The van der Waals surface area contributed by atoms with Gasteiger partial charge in [0.1, 0.15) is 0 Å². The lowest BCUT2D eigenvalue weighted by Crippen LogP contribution is -1.76.